The first-order valence-corrected chi connectivity index (χ1v) is 5.94. The molecule has 1 atom stereocenters. The summed E-state index contributed by atoms with van der Waals surface area (Å²) in [7, 11) is 0. The van der Waals surface area contributed by atoms with E-state index in [1.807, 2.05) is 6.07 Å². The zero-order chi connectivity index (χ0) is 13.7. The Labute approximate surface area is 111 Å². The Kier molecular flexibility index (Phi) is 4.13. The third kappa shape index (κ3) is 3.55. The molecule has 0 fully saturated rings. The molecule has 2 aromatic carbocycles. The van der Waals surface area contributed by atoms with Gasteiger partial charge >= 0.3 is 6.09 Å². The topological polar surface area (TPSA) is 38.3 Å². The van der Waals surface area contributed by atoms with E-state index >= 15 is 0 Å². The number of nitrogens with one attached hydrogen (secondary N) is 1. The summed E-state index contributed by atoms with van der Waals surface area (Å²) < 4.78 is 18.6. The highest BCUT2D eigenvalue weighted by Crippen LogP contribution is 2.16. The molecule has 1 N–H and O–H groups in total. The fourth-order valence-electron chi connectivity index (χ4n) is 1.71. The minimum atomic E-state index is -0.609. The van der Waals surface area contributed by atoms with Crippen molar-refractivity contribution in [1.82, 2.24) is 5.32 Å². The Morgan fingerprint density at radius 3 is 2.42 bits per heavy atom. The van der Waals surface area contributed by atoms with Crippen LogP contribution in [0.2, 0.25) is 0 Å². The summed E-state index contributed by atoms with van der Waals surface area (Å²) in [5.41, 5.74) is 0.424. The highest BCUT2D eigenvalue weighted by atomic mass is 19.1. The summed E-state index contributed by atoms with van der Waals surface area (Å²) in [5.74, 6) is 0.0933. The van der Waals surface area contributed by atoms with Gasteiger partial charge in [0.1, 0.15) is 11.6 Å². The van der Waals surface area contributed by atoms with Crippen LogP contribution in [0.4, 0.5) is 9.18 Å². The molecule has 0 heterocycles. The summed E-state index contributed by atoms with van der Waals surface area (Å²) in [6, 6.07) is 14.6. The van der Waals surface area contributed by atoms with Crippen LogP contribution in [0.1, 0.15) is 18.5 Å². The lowest BCUT2D eigenvalue weighted by atomic mass is 10.1. The van der Waals surface area contributed by atoms with Crippen molar-refractivity contribution in [2.24, 2.45) is 0 Å². The van der Waals surface area contributed by atoms with Crippen molar-refractivity contribution in [3.8, 4) is 5.75 Å². The second kappa shape index (κ2) is 6.00. The predicted molar refractivity (Wildman–Crippen MR) is 70.4 cm³/mol. The van der Waals surface area contributed by atoms with E-state index < -0.39 is 12.1 Å². The van der Waals surface area contributed by atoms with Crippen molar-refractivity contribution >= 4 is 6.09 Å². The molecule has 98 valence electrons. The summed E-state index contributed by atoms with van der Waals surface area (Å²) in [6.45, 7) is 1.70. The van der Waals surface area contributed by atoms with E-state index in [0.717, 1.165) is 0 Å². The molecule has 0 spiro atoms. The van der Waals surface area contributed by atoms with Crippen molar-refractivity contribution < 1.29 is 13.9 Å². The van der Waals surface area contributed by atoms with Crippen LogP contribution in [0, 0.1) is 5.82 Å². The Balaban J connectivity index is 1.98. The molecule has 4 heteroatoms. The minimum Gasteiger partial charge on any atom is -0.410 e. The quantitative estimate of drug-likeness (QED) is 0.913. The molecule has 0 saturated heterocycles. The maximum atomic E-state index is 13.5. The van der Waals surface area contributed by atoms with Crippen molar-refractivity contribution in [2.75, 3.05) is 0 Å². The lowest BCUT2D eigenvalue weighted by Gasteiger charge is -2.14. The number of halogens is 1. The third-order valence-electron chi connectivity index (χ3n) is 2.66. The highest BCUT2D eigenvalue weighted by Gasteiger charge is 2.14. The SMILES string of the molecule is CC(NC(=O)Oc1ccccc1)c1ccccc1F. The average Bonchev–Trinajstić information content (AvgIpc) is 2.40. The minimum absolute atomic E-state index is 0.352. The highest BCUT2D eigenvalue weighted by molar-refractivity contribution is 5.70. The fraction of sp³-hybridized carbons (Fsp3) is 0.133. The van der Waals surface area contributed by atoms with Crippen LogP contribution in [-0.4, -0.2) is 6.09 Å². The Hall–Kier alpha value is -2.36. The Morgan fingerprint density at radius 2 is 1.74 bits per heavy atom. The molecule has 0 radical (unpaired) electrons. The van der Waals surface area contributed by atoms with E-state index in [9.17, 15) is 9.18 Å². The van der Waals surface area contributed by atoms with Crippen molar-refractivity contribution in [3.05, 3.63) is 66.0 Å². The number of ether oxygens (including phenoxy) is 1. The maximum Gasteiger partial charge on any atom is 0.413 e. The zero-order valence-corrected chi connectivity index (χ0v) is 10.5. The zero-order valence-electron chi connectivity index (χ0n) is 10.5. The molecule has 2 aromatic rings. The smallest absolute Gasteiger partial charge is 0.410 e. The van der Waals surface area contributed by atoms with Crippen LogP contribution in [0.3, 0.4) is 0 Å². The number of hydrogen-bond acceptors (Lipinski definition) is 2. The van der Waals surface area contributed by atoms with Gasteiger partial charge in [-0.25, -0.2) is 9.18 Å². The van der Waals surface area contributed by atoms with Crippen LogP contribution in [-0.2, 0) is 0 Å². The summed E-state index contributed by atoms with van der Waals surface area (Å²) in [6.07, 6.45) is -0.609. The molecule has 1 amide bonds. The number of rotatable bonds is 3. The summed E-state index contributed by atoms with van der Waals surface area (Å²) in [5, 5.41) is 2.58. The molecule has 0 bridgehead atoms. The number of para-hydroxylation sites is 1. The maximum absolute atomic E-state index is 13.5. The van der Waals surface area contributed by atoms with Crippen molar-refractivity contribution in [1.29, 1.82) is 0 Å². The predicted octanol–water partition coefficient (Wildman–Crippen LogP) is 3.68. The van der Waals surface area contributed by atoms with Gasteiger partial charge in [0.15, 0.2) is 0 Å². The van der Waals surface area contributed by atoms with Crippen molar-refractivity contribution in [3.63, 3.8) is 0 Å². The second-order valence-electron chi connectivity index (χ2n) is 4.09. The van der Waals surface area contributed by atoms with Crippen molar-refractivity contribution in [2.45, 2.75) is 13.0 Å². The van der Waals surface area contributed by atoms with Gasteiger partial charge in [-0.1, -0.05) is 36.4 Å². The summed E-state index contributed by atoms with van der Waals surface area (Å²) >= 11 is 0. The van der Waals surface area contributed by atoms with E-state index in [-0.39, 0.29) is 5.82 Å². The van der Waals surface area contributed by atoms with E-state index in [2.05, 4.69) is 5.32 Å². The van der Waals surface area contributed by atoms with E-state index in [4.69, 9.17) is 4.74 Å². The first-order valence-electron chi connectivity index (χ1n) is 5.94. The van der Waals surface area contributed by atoms with Gasteiger partial charge in [0.2, 0.25) is 0 Å². The van der Waals surface area contributed by atoms with Gasteiger partial charge in [-0.15, -0.1) is 0 Å². The van der Waals surface area contributed by atoms with E-state index in [1.165, 1.54) is 6.07 Å². The van der Waals surface area contributed by atoms with E-state index in [0.29, 0.717) is 11.3 Å². The molecule has 0 aliphatic carbocycles. The normalized spacial score (nSPS) is 11.7. The van der Waals surface area contributed by atoms with Gasteiger partial charge in [-0.05, 0) is 25.1 Å². The molecule has 2 rings (SSSR count). The second-order valence-corrected chi connectivity index (χ2v) is 4.09. The van der Waals surface area contributed by atoms with Gasteiger partial charge in [0.25, 0.3) is 0 Å². The molecular formula is C15H14FNO2. The van der Waals surface area contributed by atoms with Crippen LogP contribution >= 0.6 is 0 Å². The van der Waals surface area contributed by atoms with E-state index in [1.54, 1.807) is 49.4 Å². The molecular weight excluding hydrogens is 245 g/mol. The Bertz CT molecular complexity index is 557. The average molecular weight is 259 g/mol. The van der Waals surface area contributed by atoms with Gasteiger partial charge in [-0.3, -0.25) is 0 Å². The molecule has 0 aliphatic heterocycles. The molecule has 0 saturated carbocycles. The Morgan fingerprint density at radius 1 is 1.11 bits per heavy atom. The largest absolute Gasteiger partial charge is 0.413 e. The number of hydrogen-bond donors (Lipinski definition) is 1. The lowest BCUT2D eigenvalue weighted by molar-refractivity contribution is 0.196. The monoisotopic (exact) mass is 259 g/mol. The first kappa shape index (κ1) is 13.1. The number of carbonyl (C=O) groups excluding carboxylic acids is 1. The van der Waals surface area contributed by atoms with Crippen LogP contribution in [0.5, 0.6) is 5.75 Å². The first-order chi connectivity index (χ1) is 9.16. The molecule has 3 nitrogen and oxygen atoms in total. The molecule has 1 unspecified atom stereocenters. The molecule has 19 heavy (non-hydrogen) atoms. The number of carbonyl (C=O) groups is 1. The third-order valence-corrected chi connectivity index (χ3v) is 2.66. The standard InChI is InChI=1S/C15H14FNO2/c1-11(13-9-5-6-10-14(13)16)17-15(18)19-12-7-3-2-4-8-12/h2-11H,1H3,(H,17,18). The fourth-order valence-corrected chi connectivity index (χ4v) is 1.71. The molecule has 0 aliphatic rings. The van der Waals surface area contributed by atoms with Gasteiger partial charge < -0.3 is 10.1 Å². The van der Waals surface area contributed by atoms with Gasteiger partial charge in [-0.2, -0.15) is 0 Å². The van der Waals surface area contributed by atoms with Gasteiger partial charge in [0, 0.05) is 5.56 Å². The van der Waals surface area contributed by atoms with Gasteiger partial charge in [0.05, 0.1) is 6.04 Å². The van der Waals surface area contributed by atoms with Crippen LogP contribution in [0.25, 0.3) is 0 Å². The lowest BCUT2D eigenvalue weighted by Crippen LogP contribution is -2.30. The summed E-state index contributed by atoms with van der Waals surface area (Å²) in [4.78, 5) is 11.7. The molecule has 0 aromatic heterocycles. The van der Waals surface area contributed by atoms with Crippen LogP contribution in [0.15, 0.2) is 54.6 Å². The van der Waals surface area contributed by atoms with Crippen LogP contribution < -0.4 is 10.1 Å². The number of benzene rings is 2. The number of amides is 1.